The van der Waals surface area contributed by atoms with Crippen molar-refractivity contribution in [1.29, 1.82) is 0 Å². The van der Waals surface area contributed by atoms with E-state index in [2.05, 4.69) is 18.3 Å². The summed E-state index contributed by atoms with van der Waals surface area (Å²) in [7, 11) is 0. The van der Waals surface area contributed by atoms with E-state index in [1.54, 1.807) is 11.3 Å². The molecule has 1 N–H and O–H groups in total. The molecule has 1 heterocycles. The molecule has 1 aromatic carbocycles. The lowest BCUT2D eigenvalue weighted by Gasteiger charge is -2.17. The Morgan fingerprint density at radius 3 is 2.65 bits per heavy atom. The molecule has 0 spiro atoms. The fourth-order valence-corrected chi connectivity index (χ4v) is 3.27. The normalized spacial score (nSPS) is 12.3. The maximum atomic E-state index is 5.98. The van der Waals surface area contributed by atoms with Gasteiger partial charge in [-0.2, -0.15) is 0 Å². The molecule has 0 saturated heterocycles. The van der Waals surface area contributed by atoms with Gasteiger partial charge in [-0.15, -0.1) is 11.3 Å². The number of nitrogens with one attached hydrogen (secondary N) is 1. The number of rotatable bonds is 8. The Labute approximate surface area is 129 Å². The summed E-state index contributed by atoms with van der Waals surface area (Å²) < 4.78 is 6.62. The SMILES string of the molecule is CCNC(CCOc1ccccc1)Cc1ccc(Cl)s1. The molecule has 1 atom stereocenters. The van der Waals surface area contributed by atoms with Gasteiger partial charge in [-0.05, 0) is 43.7 Å². The van der Waals surface area contributed by atoms with Crippen molar-refractivity contribution in [2.75, 3.05) is 13.2 Å². The second kappa shape index (κ2) is 8.30. The minimum absolute atomic E-state index is 0.429. The summed E-state index contributed by atoms with van der Waals surface area (Å²) in [4.78, 5) is 1.32. The third kappa shape index (κ3) is 5.16. The van der Waals surface area contributed by atoms with Crippen LogP contribution in [0.5, 0.6) is 5.75 Å². The van der Waals surface area contributed by atoms with E-state index in [0.717, 1.165) is 36.1 Å². The van der Waals surface area contributed by atoms with Crippen molar-refractivity contribution in [2.24, 2.45) is 0 Å². The molecule has 4 heteroatoms. The number of para-hydroxylation sites is 1. The van der Waals surface area contributed by atoms with E-state index in [1.165, 1.54) is 4.88 Å². The van der Waals surface area contributed by atoms with Gasteiger partial charge in [0.25, 0.3) is 0 Å². The number of hydrogen-bond acceptors (Lipinski definition) is 3. The first-order valence-electron chi connectivity index (χ1n) is 6.93. The molecule has 2 aromatic rings. The highest BCUT2D eigenvalue weighted by molar-refractivity contribution is 7.16. The van der Waals surface area contributed by atoms with Crippen LogP contribution in [0.2, 0.25) is 4.34 Å². The average Bonchev–Trinajstić information content (AvgIpc) is 2.85. The zero-order valence-corrected chi connectivity index (χ0v) is 13.2. The lowest BCUT2D eigenvalue weighted by molar-refractivity contribution is 0.286. The third-order valence-electron chi connectivity index (χ3n) is 3.05. The van der Waals surface area contributed by atoms with Crippen molar-refractivity contribution in [3.63, 3.8) is 0 Å². The van der Waals surface area contributed by atoms with Crippen LogP contribution in [0, 0.1) is 0 Å². The first kappa shape index (κ1) is 15.4. The second-order valence-electron chi connectivity index (χ2n) is 4.61. The van der Waals surface area contributed by atoms with Crippen LogP contribution in [0.15, 0.2) is 42.5 Å². The summed E-state index contributed by atoms with van der Waals surface area (Å²) in [5.41, 5.74) is 0. The Kier molecular flexibility index (Phi) is 6.37. The van der Waals surface area contributed by atoms with Crippen LogP contribution < -0.4 is 10.1 Å². The smallest absolute Gasteiger partial charge is 0.119 e. The van der Waals surface area contributed by atoms with Gasteiger partial charge in [0.2, 0.25) is 0 Å². The molecule has 1 unspecified atom stereocenters. The molecule has 2 rings (SSSR count). The van der Waals surface area contributed by atoms with Crippen molar-refractivity contribution < 1.29 is 4.74 Å². The number of ether oxygens (including phenoxy) is 1. The Bertz CT molecular complexity index is 500. The van der Waals surface area contributed by atoms with Crippen LogP contribution in [0.1, 0.15) is 18.2 Å². The topological polar surface area (TPSA) is 21.3 Å². The van der Waals surface area contributed by atoms with E-state index in [1.807, 2.05) is 36.4 Å². The standard InChI is InChI=1S/C16H20ClNOS/c1-2-18-13(12-15-8-9-16(17)20-15)10-11-19-14-6-4-3-5-7-14/h3-9,13,18H,2,10-12H2,1H3. The van der Waals surface area contributed by atoms with Gasteiger partial charge in [0.05, 0.1) is 10.9 Å². The zero-order chi connectivity index (χ0) is 14.2. The molecule has 0 saturated carbocycles. The molecule has 0 aliphatic heterocycles. The number of hydrogen-bond donors (Lipinski definition) is 1. The lowest BCUT2D eigenvalue weighted by Crippen LogP contribution is -2.32. The van der Waals surface area contributed by atoms with Crippen molar-refractivity contribution in [3.8, 4) is 5.75 Å². The summed E-state index contributed by atoms with van der Waals surface area (Å²) in [5, 5.41) is 3.51. The summed E-state index contributed by atoms with van der Waals surface area (Å²) in [6.07, 6.45) is 1.99. The van der Waals surface area contributed by atoms with Crippen LogP contribution >= 0.6 is 22.9 Å². The number of benzene rings is 1. The highest BCUT2D eigenvalue weighted by atomic mass is 35.5. The van der Waals surface area contributed by atoms with Crippen LogP contribution in [0.25, 0.3) is 0 Å². The largest absolute Gasteiger partial charge is 0.494 e. The van der Waals surface area contributed by atoms with Gasteiger partial charge in [-0.1, -0.05) is 36.7 Å². The van der Waals surface area contributed by atoms with Crippen molar-refractivity contribution in [2.45, 2.75) is 25.8 Å². The molecule has 0 radical (unpaired) electrons. The maximum absolute atomic E-state index is 5.98. The van der Waals surface area contributed by atoms with Crippen molar-refractivity contribution in [3.05, 3.63) is 51.7 Å². The van der Waals surface area contributed by atoms with Gasteiger partial charge in [0.1, 0.15) is 5.75 Å². The van der Waals surface area contributed by atoms with E-state index in [-0.39, 0.29) is 0 Å². The molecule has 20 heavy (non-hydrogen) atoms. The second-order valence-corrected chi connectivity index (χ2v) is 6.41. The van der Waals surface area contributed by atoms with Gasteiger partial charge >= 0.3 is 0 Å². The third-order valence-corrected chi connectivity index (χ3v) is 4.30. The zero-order valence-electron chi connectivity index (χ0n) is 11.6. The monoisotopic (exact) mass is 309 g/mol. The van der Waals surface area contributed by atoms with Gasteiger partial charge in [-0.25, -0.2) is 0 Å². The molecule has 2 nitrogen and oxygen atoms in total. The first-order valence-corrected chi connectivity index (χ1v) is 8.13. The number of thiophene rings is 1. The lowest BCUT2D eigenvalue weighted by atomic mass is 10.1. The van der Waals surface area contributed by atoms with Gasteiger partial charge < -0.3 is 10.1 Å². The molecule has 0 amide bonds. The Hall–Kier alpha value is -1.03. The van der Waals surface area contributed by atoms with E-state index in [9.17, 15) is 0 Å². The highest BCUT2D eigenvalue weighted by Gasteiger charge is 2.10. The van der Waals surface area contributed by atoms with Crippen molar-refractivity contribution >= 4 is 22.9 Å². The number of halogens is 1. The predicted molar refractivity (Wildman–Crippen MR) is 87.1 cm³/mol. The summed E-state index contributed by atoms with van der Waals surface area (Å²) in [5.74, 6) is 0.932. The summed E-state index contributed by atoms with van der Waals surface area (Å²) in [6.45, 7) is 3.82. The van der Waals surface area contributed by atoms with E-state index < -0.39 is 0 Å². The minimum Gasteiger partial charge on any atom is -0.494 e. The van der Waals surface area contributed by atoms with Crippen LogP contribution in [0.4, 0.5) is 0 Å². The molecular weight excluding hydrogens is 290 g/mol. The van der Waals surface area contributed by atoms with Crippen LogP contribution in [-0.2, 0) is 6.42 Å². The highest BCUT2D eigenvalue weighted by Crippen LogP contribution is 2.23. The van der Waals surface area contributed by atoms with E-state index in [4.69, 9.17) is 16.3 Å². The first-order chi connectivity index (χ1) is 9.78. The fraction of sp³-hybridized carbons (Fsp3) is 0.375. The minimum atomic E-state index is 0.429. The molecule has 0 aliphatic rings. The van der Waals surface area contributed by atoms with E-state index >= 15 is 0 Å². The molecular formula is C16H20ClNOS. The Balaban J connectivity index is 1.80. The van der Waals surface area contributed by atoms with Crippen molar-refractivity contribution in [1.82, 2.24) is 5.32 Å². The Morgan fingerprint density at radius 2 is 2.00 bits per heavy atom. The summed E-state index contributed by atoms with van der Waals surface area (Å²) >= 11 is 7.64. The summed E-state index contributed by atoms with van der Waals surface area (Å²) in [6, 6.07) is 14.5. The maximum Gasteiger partial charge on any atom is 0.119 e. The molecule has 108 valence electrons. The van der Waals surface area contributed by atoms with Gasteiger partial charge in [-0.3, -0.25) is 0 Å². The average molecular weight is 310 g/mol. The molecule has 0 bridgehead atoms. The Morgan fingerprint density at radius 1 is 1.20 bits per heavy atom. The molecule has 0 fully saturated rings. The van der Waals surface area contributed by atoms with Gasteiger partial charge in [0, 0.05) is 10.9 Å². The van der Waals surface area contributed by atoms with Crippen LogP contribution in [-0.4, -0.2) is 19.2 Å². The van der Waals surface area contributed by atoms with Crippen LogP contribution in [0.3, 0.4) is 0 Å². The predicted octanol–water partition coefficient (Wildman–Crippen LogP) is 4.39. The van der Waals surface area contributed by atoms with Gasteiger partial charge in [0.15, 0.2) is 0 Å². The quantitative estimate of drug-likeness (QED) is 0.781. The molecule has 0 aliphatic carbocycles. The molecule has 1 aromatic heterocycles. The van der Waals surface area contributed by atoms with E-state index in [0.29, 0.717) is 6.04 Å². The number of likely N-dealkylation sites (N-methyl/N-ethyl adjacent to an activating group) is 1. The fourth-order valence-electron chi connectivity index (χ4n) is 2.11.